The summed E-state index contributed by atoms with van der Waals surface area (Å²) in [5, 5.41) is 0.560. The van der Waals surface area contributed by atoms with Gasteiger partial charge in [-0.3, -0.25) is 0 Å². The van der Waals surface area contributed by atoms with Crippen LogP contribution in [0.1, 0.15) is 39.5 Å². The van der Waals surface area contributed by atoms with E-state index in [0.717, 1.165) is 18.5 Å². The molecule has 78 valence electrons. The molecule has 0 radical (unpaired) electrons. The molecule has 2 rings (SSSR count). The fraction of sp³-hybridized carbons (Fsp3) is 0.846. The second-order valence-corrected chi connectivity index (χ2v) is 6.46. The Morgan fingerprint density at radius 1 is 1.29 bits per heavy atom. The number of fused-ring (bicyclic) bond motifs is 2. The van der Waals surface area contributed by atoms with Gasteiger partial charge in [0.2, 0.25) is 0 Å². The van der Waals surface area contributed by atoms with E-state index in [9.17, 15) is 0 Å². The summed E-state index contributed by atoms with van der Waals surface area (Å²) in [5.41, 5.74) is 1.52. The van der Waals surface area contributed by atoms with Gasteiger partial charge in [-0.25, -0.2) is 0 Å². The molecule has 0 spiro atoms. The molecule has 0 nitrogen and oxygen atoms in total. The van der Waals surface area contributed by atoms with Gasteiger partial charge < -0.3 is 0 Å². The van der Waals surface area contributed by atoms with Crippen molar-refractivity contribution in [3.8, 4) is 0 Å². The Morgan fingerprint density at radius 3 is 2.64 bits per heavy atom. The fourth-order valence-electron chi connectivity index (χ4n) is 3.64. The Balaban J connectivity index is 2.17. The van der Waals surface area contributed by atoms with Gasteiger partial charge in [-0.1, -0.05) is 50.9 Å². The van der Waals surface area contributed by atoms with E-state index in [0.29, 0.717) is 5.31 Å². The van der Waals surface area contributed by atoms with Gasteiger partial charge in [0.15, 0.2) is 0 Å². The minimum Gasteiger partial charge on any atom is -0.0998 e. The van der Waals surface area contributed by atoms with Crippen molar-refractivity contribution >= 4 is 6.71 Å². The highest BCUT2D eigenvalue weighted by Crippen LogP contribution is 2.50. The van der Waals surface area contributed by atoms with Crippen LogP contribution in [0.5, 0.6) is 0 Å². The van der Waals surface area contributed by atoms with E-state index in [1.165, 1.54) is 37.6 Å². The second kappa shape index (κ2) is 3.43. The SMILES string of the molecule is C=C1CC2CB(C)C(C)(C)CC(C1)C2. The van der Waals surface area contributed by atoms with Gasteiger partial charge in [0, 0.05) is 0 Å². The largest absolute Gasteiger partial charge is 0.143 e. The van der Waals surface area contributed by atoms with Crippen LogP contribution in [-0.2, 0) is 0 Å². The van der Waals surface area contributed by atoms with Crippen LogP contribution in [0.3, 0.4) is 0 Å². The van der Waals surface area contributed by atoms with Crippen molar-refractivity contribution in [3.05, 3.63) is 12.2 Å². The van der Waals surface area contributed by atoms with Crippen molar-refractivity contribution in [2.24, 2.45) is 11.8 Å². The highest BCUT2D eigenvalue weighted by molar-refractivity contribution is 6.60. The Labute approximate surface area is 89.2 Å². The van der Waals surface area contributed by atoms with E-state index in [2.05, 4.69) is 27.2 Å². The highest BCUT2D eigenvalue weighted by Gasteiger charge is 2.39. The topological polar surface area (TPSA) is 0 Å². The summed E-state index contributed by atoms with van der Waals surface area (Å²) in [7, 11) is 0. The maximum Gasteiger partial charge on any atom is 0.143 e. The summed E-state index contributed by atoms with van der Waals surface area (Å²) >= 11 is 0. The summed E-state index contributed by atoms with van der Waals surface area (Å²) < 4.78 is 0. The zero-order valence-electron chi connectivity index (χ0n) is 9.97. The first kappa shape index (κ1) is 10.3. The summed E-state index contributed by atoms with van der Waals surface area (Å²) in [6, 6.07) is 0. The first-order valence-electron chi connectivity index (χ1n) is 6.14. The Kier molecular flexibility index (Phi) is 2.53. The average molecular weight is 190 g/mol. The van der Waals surface area contributed by atoms with Crippen LogP contribution < -0.4 is 0 Å². The van der Waals surface area contributed by atoms with Gasteiger partial charge in [0.1, 0.15) is 6.71 Å². The molecule has 1 heteroatoms. The molecule has 0 aromatic rings. The molecule has 0 aromatic heterocycles. The second-order valence-electron chi connectivity index (χ2n) is 6.46. The third-order valence-corrected chi connectivity index (χ3v) is 4.66. The van der Waals surface area contributed by atoms with E-state index >= 15 is 0 Å². The smallest absolute Gasteiger partial charge is 0.0998 e. The van der Waals surface area contributed by atoms with Gasteiger partial charge in [-0.2, -0.15) is 0 Å². The number of hydrogen-bond donors (Lipinski definition) is 0. The first-order chi connectivity index (χ1) is 6.47. The zero-order chi connectivity index (χ0) is 10.3. The lowest BCUT2D eigenvalue weighted by molar-refractivity contribution is 0.313. The lowest BCUT2D eigenvalue weighted by Gasteiger charge is -2.31. The molecule has 2 bridgehead atoms. The summed E-state index contributed by atoms with van der Waals surface area (Å²) in [4.78, 5) is 0. The highest BCUT2D eigenvalue weighted by atomic mass is 14.3. The molecule has 1 saturated heterocycles. The van der Waals surface area contributed by atoms with Crippen molar-refractivity contribution in [2.45, 2.75) is 58.0 Å². The molecule has 2 unspecified atom stereocenters. The molecular formula is C13H23B. The van der Waals surface area contributed by atoms with Crippen molar-refractivity contribution in [1.82, 2.24) is 0 Å². The van der Waals surface area contributed by atoms with Crippen molar-refractivity contribution in [2.75, 3.05) is 0 Å². The van der Waals surface area contributed by atoms with Crippen LogP contribution in [0.4, 0.5) is 0 Å². The third-order valence-electron chi connectivity index (χ3n) is 4.66. The molecule has 14 heavy (non-hydrogen) atoms. The Hall–Kier alpha value is -0.195. The van der Waals surface area contributed by atoms with Crippen molar-refractivity contribution in [1.29, 1.82) is 0 Å². The predicted molar refractivity (Wildman–Crippen MR) is 65.1 cm³/mol. The van der Waals surface area contributed by atoms with Gasteiger partial charge in [-0.05, 0) is 31.1 Å². The Morgan fingerprint density at radius 2 is 1.93 bits per heavy atom. The maximum absolute atomic E-state index is 4.21. The standard InChI is InChI=1S/C13H23B/c1-10-5-11-7-12(6-10)9-14(4)13(2,3)8-11/h11-12H,1,5-9H2,2-4H3. The van der Waals surface area contributed by atoms with Gasteiger partial charge in [0.25, 0.3) is 0 Å². The normalized spacial score (nSPS) is 36.8. The number of allylic oxidation sites excluding steroid dienone is 1. The molecule has 1 aliphatic carbocycles. The average Bonchev–Trinajstić information content (AvgIpc) is 2.06. The molecule has 1 aliphatic heterocycles. The molecule has 2 atom stereocenters. The molecule has 0 aromatic carbocycles. The fourth-order valence-corrected chi connectivity index (χ4v) is 3.64. The minimum atomic E-state index is 0.560. The summed E-state index contributed by atoms with van der Waals surface area (Å²) in [6.45, 7) is 12.5. The van der Waals surface area contributed by atoms with Crippen molar-refractivity contribution in [3.63, 3.8) is 0 Å². The van der Waals surface area contributed by atoms with Crippen LogP contribution in [0.2, 0.25) is 18.5 Å². The van der Waals surface area contributed by atoms with Crippen LogP contribution in [0.15, 0.2) is 12.2 Å². The molecular weight excluding hydrogens is 167 g/mol. The monoisotopic (exact) mass is 190 g/mol. The lowest BCUT2D eigenvalue weighted by atomic mass is 9.33. The van der Waals surface area contributed by atoms with Gasteiger partial charge in [-0.15, -0.1) is 0 Å². The molecule has 1 heterocycles. The lowest BCUT2D eigenvalue weighted by Crippen LogP contribution is -2.24. The number of hydrogen-bond acceptors (Lipinski definition) is 0. The molecule has 0 N–H and O–H groups in total. The van der Waals surface area contributed by atoms with Gasteiger partial charge >= 0.3 is 0 Å². The van der Waals surface area contributed by atoms with Gasteiger partial charge in [0.05, 0.1) is 0 Å². The summed E-state index contributed by atoms with van der Waals surface area (Å²) in [6.07, 6.45) is 6.96. The maximum atomic E-state index is 4.21. The zero-order valence-corrected chi connectivity index (χ0v) is 9.97. The first-order valence-corrected chi connectivity index (χ1v) is 6.14. The van der Waals surface area contributed by atoms with E-state index in [4.69, 9.17) is 0 Å². The van der Waals surface area contributed by atoms with E-state index < -0.39 is 0 Å². The molecule has 2 aliphatic rings. The van der Waals surface area contributed by atoms with E-state index in [-0.39, 0.29) is 0 Å². The minimum absolute atomic E-state index is 0.560. The van der Waals surface area contributed by atoms with Crippen LogP contribution in [-0.4, -0.2) is 6.71 Å². The van der Waals surface area contributed by atoms with E-state index in [1.54, 1.807) is 0 Å². The summed E-state index contributed by atoms with van der Waals surface area (Å²) in [5.74, 6) is 1.90. The molecule has 2 fully saturated rings. The van der Waals surface area contributed by atoms with Crippen LogP contribution >= 0.6 is 0 Å². The predicted octanol–water partition coefficient (Wildman–Crippen LogP) is 4.27. The molecule has 0 amide bonds. The Bertz CT molecular complexity index is 242. The van der Waals surface area contributed by atoms with Crippen molar-refractivity contribution < 1.29 is 0 Å². The molecule has 1 saturated carbocycles. The van der Waals surface area contributed by atoms with Crippen LogP contribution in [0, 0.1) is 11.8 Å². The third kappa shape index (κ3) is 1.92. The number of rotatable bonds is 0. The van der Waals surface area contributed by atoms with E-state index in [1.807, 2.05) is 0 Å². The van der Waals surface area contributed by atoms with Crippen LogP contribution in [0.25, 0.3) is 0 Å². The quantitative estimate of drug-likeness (QED) is 0.395.